The number of nitrogens with one attached hydrogen (secondary N) is 1. The van der Waals surface area contributed by atoms with Crippen LogP contribution in [0, 0.1) is 11.8 Å². The quantitative estimate of drug-likeness (QED) is 0.494. The number of aromatic amines is 1. The topological polar surface area (TPSA) is 82.5 Å². The maximum absolute atomic E-state index is 12.9. The van der Waals surface area contributed by atoms with Gasteiger partial charge in [-0.15, -0.1) is 0 Å². The van der Waals surface area contributed by atoms with Crippen LogP contribution in [0.15, 0.2) is 82.5 Å². The van der Waals surface area contributed by atoms with E-state index >= 15 is 0 Å². The summed E-state index contributed by atoms with van der Waals surface area (Å²) in [6.45, 7) is 11.2. The lowest BCUT2D eigenvalue weighted by atomic mass is 10.0. The Kier molecular flexibility index (Phi) is 5.78. The van der Waals surface area contributed by atoms with Gasteiger partial charge in [-0.25, -0.2) is 4.79 Å². The van der Waals surface area contributed by atoms with Gasteiger partial charge in [0.2, 0.25) is 0 Å². The molecule has 5 atom stereocenters. The molecule has 0 spiro atoms. The normalized spacial score (nSPS) is 29.6. The van der Waals surface area contributed by atoms with Crippen LogP contribution >= 0.6 is 0 Å². The van der Waals surface area contributed by atoms with Crippen LogP contribution in [0.4, 0.5) is 0 Å². The molecule has 3 aliphatic rings. The highest BCUT2D eigenvalue weighted by Crippen LogP contribution is 2.67. The van der Waals surface area contributed by atoms with Gasteiger partial charge in [-0.3, -0.25) is 14.3 Å². The Morgan fingerprint density at radius 2 is 1.58 bits per heavy atom. The highest BCUT2D eigenvalue weighted by molar-refractivity contribution is 6.99. The van der Waals surface area contributed by atoms with E-state index in [9.17, 15) is 9.59 Å². The average Bonchev–Trinajstić information content (AvgIpc) is 3.43. The summed E-state index contributed by atoms with van der Waals surface area (Å²) in [6.07, 6.45) is 1.90. The molecule has 7 nitrogen and oxygen atoms in total. The second kappa shape index (κ2) is 8.61. The van der Waals surface area contributed by atoms with Gasteiger partial charge in [0.1, 0.15) is 6.10 Å². The Labute approximate surface area is 223 Å². The van der Waals surface area contributed by atoms with Crippen molar-refractivity contribution in [2.45, 2.75) is 69.6 Å². The van der Waals surface area contributed by atoms with Gasteiger partial charge >= 0.3 is 5.69 Å². The van der Waals surface area contributed by atoms with E-state index in [1.807, 2.05) is 26.0 Å². The van der Waals surface area contributed by atoms with E-state index in [4.69, 9.17) is 13.9 Å². The first-order valence-corrected chi connectivity index (χ1v) is 15.3. The van der Waals surface area contributed by atoms with Crippen molar-refractivity contribution >= 4 is 18.7 Å². The van der Waals surface area contributed by atoms with Crippen LogP contribution in [0.2, 0.25) is 5.04 Å². The van der Waals surface area contributed by atoms with Crippen molar-refractivity contribution in [3.8, 4) is 0 Å². The second-order valence-electron chi connectivity index (χ2n) is 12.4. The van der Waals surface area contributed by atoms with Gasteiger partial charge in [0.15, 0.2) is 5.79 Å². The number of rotatable bonds is 6. The van der Waals surface area contributed by atoms with E-state index in [2.05, 4.69) is 74.3 Å². The number of fused-ring (bicyclic) bond motifs is 3. The van der Waals surface area contributed by atoms with Crippen LogP contribution in [-0.4, -0.2) is 42.5 Å². The number of ether oxygens (including phenoxy) is 2. The maximum Gasteiger partial charge on any atom is 0.328 e. The summed E-state index contributed by atoms with van der Waals surface area (Å²) in [5.74, 6) is -0.574. The fourth-order valence-electron chi connectivity index (χ4n) is 7.21. The van der Waals surface area contributed by atoms with Crippen LogP contribution in [-0.2, 0) is 19.4 Å². The summed E-state index contributed by atoms with van der Waals surface area (Å²) >= 11 is 0. The number of hydrogen-bond donors (Lipinski definition) is 1. The first-order chi connectivity index (χ1) is 18.0. The van der Waals surface area contributed by atoms with Crippen LogP contribution in [0.5, 0.6) is 0 Å². The van der Waals surface area contributed by atoms with Gasteiger partial charge < -0.3 is 13.9 Å². The highest BCUT2D eigenvalue weighted by atomic mass is 28.4. The van der Waals surface area contributed by atoms with Gasteiger partial charge in [-0.05, 0) is 41.6 Å². The third kappa shape index (κ3) is 3.72. The lowest BCUT2D eigenvalue weighted by Gasteiger charge is -2.44. The van der Waals surface area contributed by atoms with Gasteiger partial charge in [-0.1, -0.05) is 81.4 Å². The molecule has 0 radical (unpaired) electrons. The summed E-state index contributed by atoms with van der Waals surface area (Å²) in [7, 11) is -2.74. The van der Waals surface area contributed by atoms with Crippen molar-refractivity contribution in [3.63, 3.8) is 0 Å². The van der Waals surface area contributed by atoms with E-state index in [0.717, 1.165) is 6.42 Å². The molecule has 6 rings (SSSR count). The average molecular weight is 533 g/mol. The van der Waals surface area contributed by atoms with Crippen LogP contribution < -0.4 is 21.6 Å². The molecule has 1 aliphatic heterocycles. The SMILES string of the molecule is CC1(C)O[C@@H]2[C@@H](CO[Si](c3ccccc3)(c3ccccc3)C(C)(C)C)[C@@H]3C[C@@]3(n3ccc(=O)[nH]c3=O)[C@@H]2O1. The minimum atomic E-state index is -2.74. The molecule has 0 bridgehead atoms. The Hall–Kier alpha value is -2.78. The number of H-pyrrole nitrogens is 1. The summed E-state index contributed by atoms with van der Waals surface area (Å²) in [6, 6.07) is 22.6. The van der Waals surface area contributed by atoms with Gasteiger partial charge in [0.25, 0.3) is 13.9 Å². The molecule has 3 aromatic rings. The molecule has 8 heteroatoms. The zero-order valence-corrected chi connectivity index (χ0v) is 23.6. The second-order valence-corrected chi connectivity index (χ2v) is 16.7. The lowest BCUT2D eigenvalue weighted by Crippen LogP contribution is -2.67. The zero-order chi connectivity index (χ0) is 26.9. The number of aromatic nitrogens is 2. The van der Waals surface area contributed by atoms with Crippen LogP contribution in [0.25, 0.3) is 0 Å². The minimum Gasteiger partial charge on any atom is -0.407 e. The molecule has 0 unspecified atom stereocenters. The maximum atomic E-state index is 12.9. The first-order valence-electron chi connectivity index (χ1n) is 13.4. The summed E-state index contributed by atoms with van der Waals surface area (Å²) in [4.78, 5) is 27.2. The standard InChI is InChI=1S/C30H36N2O5Si/c1-28(2,3)38(20-12-8-6-9-13-20,21-14-10-7-11-15-21)35-19-22-23-18-30(23,26-25(22)36-29(4,5)37-26)32-17-16-24(33)31-27(32)34/h6-17,22-23,25-26H,18-19H2,1-5H3,(H,31,33,34)/t22-,23-,25+,26+,30-/m0/s1. The van der Waals surface area contributed by atoms with E-state index < -0.39 is 30.9 Å². The highest BCUT2D eigenvalue weighted by Gasteiger charge is 2.77. The van der Waals surface area contributed by atoms with E-state index in [-0.39, 0.29) is 29.1 Å². The van der Waals surface area contributed by atoms with Crippen molar-refractivity contribution in [3.05, 3.63) is 93.8 Å². The molecule has 2 saturated carbocycles. The zero-order valence-electron chi connectivity index (χ0n) is 22.6. The van der Waals surface area contributed by atoms with Crippen LogP contribution in [0.1, 0.15) is 41.0 Å². The van der Waals surface area contributed by atoms with Crippen molar-refractivity contribution in [2.75, 3.05) is 6.61 Å². The predicted octanol–water partition coefficient (Wildman–Crippen LogP) is 2.98. The smallest absolute Gasteiger partial charge is 0.328 e. The van der Waals surface area contributed by atoms with Crippen molar-refractivity contribution in [1.82, 2.24) is 9.55 Å². The third-order valence-electron chi connectivity index (χ3n) is 8.77. The van der Waals surface area contributed by atoms with E-state index in [1.165, 1.54) is 16.4 Å². The molecule has 200 valence electrons. The third-order valence-corrected chi connectivity index (χ3v) is 13.8. The molecular formula is C30H36N2O5Si. The predicted molar refractivity (Wildman–Crippen MR) is 148 cm³/mol. The summed E-state index contributed by atoms with van der Waals surface area (Å²) < 4.78 is 21.9. The van der Waals surface area contributed by atoms with Gasteiger partial charge in [0, 0.05) is 24.8 Å². The number of benzene rings is 2. The molecule has 1 saturated heterocycles. The molecule has 3 fully saturated rings. The molecule has 1 aromatic heterocycles. The van der Waals surface area contributed by atoms with Gasteiger partial charge in [-0.2, -0.15) is 0 Å². The van der Waals surface area contributed by atoms with Crippen LogP contribution in [0.3, 0.4) is 0 Å². The monoisotopic (exact) mass is 532 g/mol. The van der Waals surface area contributed by atoms with Crippen molar-refractivity contribution < 1.29 is 13.9 Å². The Morgan fingerprint density at radius 1 is 0.974 bits per heavy atom. The first kappa shape index (κ1) is 25.5. The Balaban J connectivity index is 1.41. The molecule has 2 aromatic carbocycles. The van der Waals surface area contributed by atoms with E-state index in [0.29, 0.717) is 6.61 Å². The van der Waals surface area contributed by atoms with E-state index in [1.54, 1.807) is 10.8 Å². The van der Waals surface area contributed by atoms with Crippen molar-refractivity contribution in [1.29, 1.82) is 0 Å². The minimum absolute atomic E-state index is 0.0438. The molecule has 2 heterocycles. The lowest BCUT2D eigenvalue weighted by molar-refractivity contribution is -0.162. The Morgan fingerprint density at radius 3 is 2.13 bits per heavy atom. The molecule has 1 N–H and O–H groups in total. The van der Waals surface area contributed by atoms with Gasteiger partial charge in [0.05, 0.1) is 11.6 Å². The van der Waals surface area contributed by atoms with Crippen molar-refractivity contribution in [2.24, 2.45) is 11.8 Å². The largest absolute Gasteiger partial charge is 0.407 e. The molecule has 2 aliphatic carbocycles. The number of hydrogen-bond acceptors (Lipinski definition) is 5. The summed E-state index contributed by atoms with van der Waals surface area (Å²) in [5, 5.41) is 2.32. The fourth-order valence-corrected chi connectivity index (χ4v) is 11.8. The molecule has 0 amide bonds. The molecular weight excluding hydrogens is 496 g/mol. The number of nitrogens with zero attached hydrogens (tertiary/aromatic N) is 1. The summed E-state index contributed by atoms with van der Waals surface area (Å²) in [5.41, 5.74) is -1.34. The fraction of sp³-hybridized carbons (Fsp3) is 0.467. The molecule has 38 heavy (non-hydrogen) atoms. The Bertz CT molecular complexity index is 1410.